The zero-order valence-corrected chi connectivity index (χ0v) is 16.6. The van der Waals surface area contributed by atoms with Crippen LogP contribution in [0.5, 0.6) is 0 Å². The second-order valence-electron chi connectivity index (χ2n) is 6.70. The minimum absolute atomic E-state index is 0.198. The molecule has 2 N–H and O–H groups in total. The van der Waals surface area contributed by atoms with Crippen molar-refractivity contribution in [1.29, 1.82) is 0 Å². The van der Waals surface area contributed by atoms with Crippen LogP contribution in [0.15, 0.2) is 30.3 Å². The predicted molar refractivity (Wildman–Crippen MR) is 107 cm³/mol. The minimum Gasteiger partial charge on any atom is -0.468 e. The van der Waals surface area contributed by atoms with E-state index in [4.69, 9.17) is 16.3 Å². The van der Waals surface area contributed by atoms with E-state index in [2.05, 4.69) is 10.6 Å². The molecule has 0 saturated heterocycles. The minimum atomic E-state index is -0.740. The number of amides is 2. The van der Waals surface area contributed by atoms with Crippen molar-refractivity contribution < 1.29 is 19.1 Å². The van der Waals surface area contributed by atoms with Gasteiger partial charge in [0.05, 0.1) is 16.4 Å². The molecule has 28 heavy (non-hydrogen) atoms. The van der Waals surface area contributed by atoms with Crippen molar-refractivity contribution in [3.63, 3.8) is 0 Å². The van der Waals surface area contributed by atoms with Crippen molar-refractivity contribution in [2.45, 2.75) is 24.9 Å². The van der Waals surface area contributed by atoms with Gasteiger partial charge in [-0.2, -0.15) is 0 Å². The largest absolute Gasteiger partial charge is 0.468 e. The average molecular weight is 420 g/mol. The van der Waals surface area contributed by atoms with Gasteiger partial charge < -0.3 is 15.4 Å². The van der Waals surface area contributed by atoms with Crippen LogP contribution in [-0.4, -0.2) is 43.5 Å². The van der Waals surface area contributed by atoms with Crippen molar-refractivity contribution in [2.24, 2.45) is 0 Å². The molecule has 7 nitrogen and oxygen atoms in total. The highest BCUT2D eigenvalue weighted by Crippen LogP contribution is 2.37. The summed E-state index contributed by atoms with van der Waals surface area (Å²) in [6, 6.07) is 8.01. The van der Waals surface area contributed by atoms with Crippen molar-refractivity contribution in [1.82, 2.24) is 5.32 Å². The first-order chi connectivity index (χ1) is 13.5. The highest BCUT2D eigenvalue weighted by atomic mass is 35.5. The van der Waals surface area contributed by atoms with E-state index in [1.165, 1.54) is 23.3 Å². The molecule has 0 saturated carbocycles. The number of para-hydroxylation sites is 1. The maximum absolute atomic E-state index is 13.0. The Hall–Kier alpha value is -2.58. The fourth-order valence-electron chi connectivity index (χ4n) is 3.56. The summed E-state index contributed by atoms with van der Waals surface area (Å²) in [4.78, 5) is 38.9. The summed E-state index contributed by atoms with van der Waals surface area (Å²) < 4.78 is 5.39. The van der Waals surface area contributed by atoms with E-state index in [0.29, 0.717) is 22.9 Å². The molecule has 0 fully saturated rings. The third-order valence-electron chi connectivity index (χ3n) is 4.93. The normalized spacial score (nSPS) is 20.2. The monoisotopic (exact) mass is 419 g/mol. The lowest BCUT2D eigenvalue weighted by atomic mass is 9.96. The number of rotatable bonds is 4. The number of benzene rings is 1. The second kappa shape index (κ2) is 7.44. The Morgan fingerprint density at radius 2 is 2.11 bits per heavy atom. The molecule has 1 aromatic carbocycles. The van der Waals surface area contributed by atoms with E-state index in [1.54, 1.807) is 12.1 Å². The van der Waals surface area contributed by atoms with Crippen LogP contribution in [0.2, 0.25) is 4.34 Å². The first kappa shape index (κ1) is 18.8. The number of hydrogen-bond acceptors (Lipinski definition) is 6. The van der Waals surface area contributed by atoms with Gasteiger partial charge in [-0.05, 0) is 23.3 Å². The summed E-state index contributed by atoms with van der Waals surface area (Å²) in [6.07, 6.45) is 0.895. The Bertz CT molecular complexity index is 937. The summed E-state index contributed by atoms with van der Waals surface area (Å²) >= 11 is 7.38. The summed E-state index contributed by atoms with van der Waals surface area (Å²) in [6.45, 7) is -0.198. The smallest absolute Gasteiger partial charge is 0.325 e. The maximum atomic E-state index is 13.0. The van der Waals surface area contributed by atoms with Gasteiger partial charge in [0.15, 0.2) is 0 Å². The van der Waals surface area contributed by atoms with Crippen LogP contribution in [-0.2, 0) is 32.0 Å². The highest BCUT2D eigenvalue weighted by Gasteiger charge is 2.37. The second-order valence-corrected chi connectivity index (χ2v) is 8.38. The predicted octanol–water partition coefficient (Wildman–Crippen LogP) is 1.99. The van der Waals surface area contributed by atoms with Gasteiger partial charge in [0, 0.05) is 18.5 Å². The number of methoxy groups -OCH3 is 1. The quantitative estimate of drug-likeness (QED) is 0.740. The SMILES string of the molecule is COC(=O)CN1C(=O)C(NC(=O)C2Cc3cc(Cl)sc3N2)Cc2ccccc21. The summed E-state index contributed by atoms with van der Waals surface area (Å²) in [5, 5.41) is 6.88. The summed E-state index contributed by atoms with van der Waals surface area (Å²) in [7, 11) is 1.28. The number of ether oxygens (including phenoxy) is 1. The molecular weight excluding hydrogens is 402 g/mol. The summed E-state index contributed by atoms with van der Waals surface area (Å²) in [5.41, 5.74) is 2.56. The van der Waals surface area contributed by atoms with Crippen molar-refractivity contribution in [3.8, 4) is 0 Å². The van der Waals surface area contributed by atoms with Gasteiger partial charge in [-0.15, -0.1) is 11.3 Å². The standard InChI is InChI=1S/C19H18ClN3O4S/c1-27-16(24)9-23-14-5-3-2-4-10(14)6-13(19(23)26)21-17(25)12-7-11-8-15(20)28-18(11)22-12/h2-5,8,12-13,22H,6-7,9H2,1H3,(H,21,25). The molecule has 146 valence electrons. The molecule has 2 amide bonds. The van der Waals surface area contributed by atoms with Gasteiger partial charge in [0.2, 0.25) is 11.8 Å². The molecule has 0 aliphatic carbocycles. The number of anilines is 2. The van der Waals surface area contributed by atoms with Crippen LogP contribution in [0.25, 0.3) is 0 Å². The number of thiophene rings is 1. The molecule has 0 radical (unpaired) electrons. The Kier molecular flexibility index (Phi) is 4.99. The summed E-state index contributed by atoms with van der Waals surface area (Å²) in [5.74, 6) is -1.10. The third-order valence-corrected chi connectivity index (χ3v) is 6.16. The fourth-order valence-corrected chi connectivity index (χ4v) is 4.79. The number of nitrogens with one attached hydrogen (secondary N) is 2. The lowest BCUT2D eigenvalue weighted by Gasteiger charge is -2.34. The first-order valence-electron chi connectivity index (χ1n) is 8.77. The van der Waals surface area contributed by atoms with Gasteiger partial charge in [-0.3, -0.25) is 19.3 Å². The van der Waals surface area contributed by atoms with Crippen molar-refractivity contribution in [2.75, 3.05) is 23.9 Å². The number of nitrogens with zero attached hydrogens (tertiary/aromatic N) is 1. The molecule has 3 heterocycles. The molecule has 2 aliphatic heterocycles. The molecule has 0 bridgehead atoms. The van der Waals surface area contributed by atoms with E-state index in [0.717, 1.165) is 16.1 Å². The third kappa shape index (κ3) is 3.45. The number of halogens is 1. The van der Waals surface area contributed by atoms with Crippen LogP contribution >= 0.6 is 22.9 Å². The molecule has 2 atom stereocenters. The van der Waals surface area contributed by atoms with Crippen molar-refractivity contribution >= 4 is 51.4 Å². The van der Waals surface area contributed by atoms with Gasteiger partial charge in [0.1, 0.15) is 18.6 Å². The molecule has 9 heteroatoms. The number of carbonyl (C=O) groups is 3. The number of esters is 1. The zero-order valence-electron chi connectivity index (χ0n) is 15.0. The average Bonchev–Trinajstić information content (AvgIpc) is 3.22. The Morgan fingerprint density at radius 1 is 1.32 bits per heavy atom. The lowest BCUT2D eigenvalue weighted by molar-refractivity contribution is -0.140. The molecule has 4 rings (SSSR count). The molecular formula is C19H18ClN3O4S. The zero-order chi connectivity index (χ0) is 19.8. The van der Waals surface area contributed by atoms with Gasteiger partial charge >= 0.3 is 5.97 Å². The maximum Gasteiger partial charge on any atom is 0.325 e. The molecule has 2 aliphatic rings. The molecule has 1 aromatic heterocycles. The first-order valence-corrected chi connectivity index (χ1v) is 9.97. The van der Waals surface area contributed by atoms with Gasteiger partial charge in [-0.25, -0.2) is 0 Å². The number of carbonyl (C=O) groups excluding carboxylic acids is 3. The van der Waals surface area contributed by atoms with Crippen LogP contribution in [0.4, 0.5) is 10.7 Å². The fraction of sp³-hybridized carbons (Fsp3) is 0.316. The van der Waals surface area contributed by atoms with E-state index in [1.807, 2.05) is 18.2 Å². The highest BCUT2D eigenvalue weighted by molar-refractivity contribution is 7.20. The Morgan fingerprint density at radius 3 is 2.86 bits per heavy atom. The van der Waals surface area contributed by atoms with Crippen LogP contribution in [0.1, 0.15) is 11.1 Å². The Balaban J connectivity index is 1.50. The number of hydrogen-bond donors (Lipinski definition) is 2. The number of fused-ring (bicyclic) bond motifs is 2. The van der Waals surface area contributed by atoms with E-state index in [-0.39, 0.29) is 18.4 Å². The van der Waals surface area contributed by atoms with Crippen LogP contribution in [0, 0.1) is 0 Å². The molecule has 2 aromatic rings. The van der Waals surface area contributed by atoms with E-state index >= 15 is 0 Å². The van der Waals surface area contributed by atoms with Gasteiger partial charge in [0.25, 0.3) is 0 Å². The molecule has 0 spiro atoms. The van der Waals surface area contributed by atoms with Gasteiger partial charge in [-0.1, -0.05) is 29.8 Å². The van der Waals surface area contributed by atoms with Crippen LogP contribution in [0.3, 0.4) is 0 Å². The van der Waals surface area contributed by atoms with E-state index in [9.17, 15) is 14.4 Å². The van der Waals surface area contributed by atoms with Crippen LogP contribution < -0.4 is 15.5 Å². The Labute approximate surface area is 170 Å². The van der Waals surface area contributed by atoms with E-state index < -0.39 is 18.1 Å². The molecule has 2 unspecified atom stereocenters. The lowest BCUT2D eigenvalue weighted by Crippen LogP contribution is -2.56. The topological polar surface area (TPSA) is 87.7 Å². The van der Waals surface area contributed by atoms with Crippen molar-refractivity contribution in [3.05, 3.63) is 45.8 Å².